The minimum Gasteiger partial charge on any atom is -0.465 e. The maximum Gasteiger partial charge on any atom is 0.339 e. The fraction of sp³-hybridized carbons (Fsp3) is 0.0714. The lowest BCUT2D eigenvalue weighted by Gasteiger charge is -2.09. The van der Waals surface area contributed by atoms with E-state index >= 15 is 0 Å². The van der Waals surface area contributed by atoms with Gasteiger partial charge in [-0.1, -0.05) is 17.8 Å². The highest BCUT2D eigenvalue weighted by molar-refractivity contribution is 7.99. The second kappa shape index (κ2) is 5.92. The molecule has 0 heterocycles. The predicted molar refractivity (Wildman–Crippen MR) is 72.7 cm³/mol. The summed E-state index contributed by atoms with van der Waals surface area (Å²) in [5, 5.41) is 0. The van der Waals surface area contributed by atoms with Gasteiger partial charge < -0.3 is 10.5 Å². The summed E-state index contributed by atoms with van der Waals surface area (Å²) in [6.45, 7) is 0. The van der Waals surface area contributed by atoms with Crippen molar-refractivity contribution in [1.82, 2.24) is 0 Å². The molecule has 2 N–H and O–H groups in total. The van der Waals surface area contributed by atoms with Crippen LogP contribution in [0.2, 0.25) is 0 Å². The summed E-state index contributed by atoms with van der Waals surface area (Å²) in [7, 11) is 1.24. The van der Waals surface area contributed by atoms with E-state index in [2.05, 4.69) is 4.74 Å². The molecule has 104 valence electrons. The van der Waals surface area contributed by atoms with E-state index in [0.717, 1.165) is 30.0 Å². The number of benzene rings is 2. The summed E-state index contributed by atoms with van der Waals surface area (Å²) in [6, 6.07) is 7.88. The number of carbonyl (C=O) groups excluding carboxylic acids is 1. The molecule has 0 amide bonds. The number of hydrogen-bond donors (Lipinski definition) is 1. The van der Waals surface area contributed by atoms with Gasteiger partial charge in [0.15, 0.2) is 0 Å². The number of esters is 1. The highest BCUT2D eigenvalue weighted by Crippen LogP contribution is 2.35. The van der Waals surface area contributed by atoms with Gasteiger partial charge in [-0.15, -0.1) is 0 Å². The molecule has 0 fully saturated rings. The minimum atomic E-state index is -0.579. The number of methoxy groups -OCH3 is 1. The molecule has 0 bridgehead atoms. The van der Waals surface area contributed by atoms with Gasteiger partial charge in [0.1, 0.15) is 11.6 Å². The van der Waals surface area contributed by atoms with Gasteiger partial charge in [0.2, 0.25) is 0 Å². The first kappa shape index (κ1) is 14.3. The number of hydrogen-bond acceptors (Lipinski definition) is 4. The number of carbonyl (C=O) groups is 1. The predicted octanol–water partition coefficient (Wildman–Crippen LogP) is 3.48. The Morgan fingerprint density at radius 2 is 1.95 bits per heavy atom. The first-order chi connectivity index (χ1) is 9.52. The van der Waals surface area contributed by atoms with Crippen LogP contribution in [0.15, 0.2) is 46.2 Å². The van der Waals surface area contributed by atoms with Crippen molar-refractivity contribution in [2.24, 2.45) is 0 Å². The molecular weight excluding hydrogens is 284 g/mol. The summed E-state index contributed by atoms with van der Waals surface area (Å²) in [5.41, 5.74) is 6.22. The quantitative estimate of drug-likeness (QED) is 0.695. The largest absolute Gasteiger partial charge is 0.465 e. The van der Waals surface area contributed by atoms with Gasteiger partial charge in [-0.25, -0.2) is 13.6 Å². The van der Waals surface area contributed by atoms with E-state index in [4.69, 9.17) is 5.73 Å². The lowest BCUT2D eigenvalue weighted by atomic mass is 10.2. The molecule has 0 saturated heterocycles. The van der Waals surface area contributed by atoms with Gasteiger partial charge in [0.05, 0.1) is 23.3 Å². The van der Waals surface area contributed by atoms with Gasteiger partial charge in [0.25, 0.3) is 0 Å². The SMILES string of the molecule is COC(=O)c1cccc(Sc2cc(F)ccc2F)c1N. The number of nitrogens with two attached hydrogens (primary N) is 1. The topological polar surface area (TPSA) is 52.3 Å². The van der Waals surface area contributed by atoms with Crippen LogP contribution in [-0.2, 0) is 4.74 Å². The van der Waals surface area contributed by atoms with Crippen molar-refractivity contribution in [3.05, 3.63) is 53.6 Å². The van der Waals surface area contributed by atoms with Crippen LogP contribution in [0.25, 0.3) is 0 Å². The maximum atomic E-state index is 13.6. The van der Waals surface area contributed by atoms with E-state index in [1.165, 1.54) is 13.2 Å². The molecule has 0 saturated carbocycles. The fourth-order valence-corrected chi connectivity index (χ4v) is 2.54. The number of halogens is 2. The minimum absolute atomic E-state index is 0.0960. The molecule has 2 aromatic rings. The molecular formula is C14H11F2NO2S. The van der Waals surface area contributed by atoms with E-state index in [-0.39, 0.29) is 16.1 Å². The molecule has 0 aliphatic carbocycles. The molecule has 20 heavy (non-hydrogen) atoms. The van der Waals surface area contributed by atoms with Crippen LogP contribution < -0.4 is 5.73 Å². The van der Waals surface area contributed by atoms with Crippen molar-refractivity contribution in [1.29, 1.82) is 0 Å². The van der Waals surface area contributed by atoms with Gasteiger partial charge in [-0.3, -0.25) is 0 Å². The van der Waals surface area contributed by atoms with Crippen molar-refractivity contribution in [2.75, 3.05) is 12.8 Å². The molecule has 3 nitrogen and oxygen atoms in total. The number of anilines is 1. The first-order valence-corrected chi connectivity index (χ1v) is 6.44. The Balaban J connectivity index is 2.39. The Hall–Kier alpha value is -2.08. The van der Waals surface area contributed by atoms with E-state index in [9.17, 15) is 13.6 Å². The number of para-hydroxylation sites is 1. The summed E-state index contributed by atoms with van der Waals surface area (Å²) in [5.74, 6) is -1.68. The third-order valence-corrected chi connectivity index (χ3v) is 3.69. The number of nitrogen functional groups attached to an aromatic ring is 1. The van der Waals surface area contributed by atoms with Crippen LogP contribution in [0.1, 0.15) is 10.4 Å². The zero-order valence-corrected chi connectivity index (χ0v) is 11.3. The Labute approximate surface area is 118 Å². The van der Waals surface area contributed by atoms with Gasteiger partial charge in [-0.2, -0.15) is 0 Å². The van der Waals surface area contributed by atoms with Crippen LogP contribution in [0.3, 0.4) is 0 Å². The average Bonchev–Trinajstić information content (AvgIpc) is 2.44. The molecule has 0 radical (unpaired) electrons. The molecule has 0 atom stereocenters. The van der Waals surface area contributed by atoms with Crippen LogP contribution >= 0.6 is 11.8 Å². The summed E-state index contributed by atoms with van der Waals surface area (Å²) < 4.78 is 31.3. The molecule has 2 rings (SSSR count). The van der Waals surface area contributed by atoms with Crippen molar-refractivity contribution >= 4 is 23.4 Å². The number of ether oxygens (including phenoxy) is 1. The normalized spacial score (nSPS) is 10.3. The Bertz CT molecular complexity index is 662. The Kier molecular flexibility index (Phi) is 4.24. The second-order valence-corrected chi connectivity index (χ2v) is 4.97. The van der Waals surface area contributed by atoms with Crippen LogP contribution in [0, 0.1) is 11.6 Å². The molecule has 6 heteroatoms. The van der Waals surface area contributed by atoms with Crippen LogP contribution in [0.5, 0.6) is 0 Å². The summed E-state index contributed by atoms with van der Waals surface area (Å²) >= 11 is 0.949. The summed E-state index contributed by atoms with van der Waals surface area (Å²) in [4.78, 5) is 12.1. The second-order valence-electron chi connectivity index (χ2n) is 3.89. The molecule has 0 aliphatic heterocycles. The molecule has 0 aromatic heterocycles. The van der Waals surface area contributed by atoms with Crippen molar-refractivity contribution in [3.8, 4) is 0 Å². The standard InChI is InChI=1S/C14H11F2NO2S/c1-19-14(18)9-3-2-4-11(13(9)17)20-12-7-8(15)5-6-10(12)16/h2-7H,17H2,1H3. The molecule has 0 aliphatic rings. The Morgan fingerprint density at radius 3 is 2.65 bits per heavy atom. The van der Waals surface area contributed by atoms with Crippen molar-refractivity contribution in [3.63, 3.8) is 0 Å². The zero-order chi connectivity index (χ0) is 14.7. The lowest BCUT2D eigenvalue weighted by Crippen LogP contribution is -2.06. The first-order valence-electron chi connectivity index (χ1n) is 5.62. The van der Waals surface area contributed by atoms with Gasteiger partial charge in [-0.05, 0) is 30.3 Å². The highest BCUT2D eigenvalue weighted by Gasteiger charge is 2.15. The Morgan fingerprint density at radius 1 is 1.20 bits per heavy atom. The van der Waals surface area contributed by atoms with Gasteiger partial charge in [0, 0.05) is 4.90 Å². The average molecular weight is 295 g/mol. The van der Waals surface area contributed by atoms with E-state index in [1.54, 1.807) is 12.1 Å². The maximum absolute atomic E-state index is 13.6. The van der Waals surface area contributed by atoms with Crippen LogP contribution in [-0.4, -0.2) is 13.1 Å². The van der Waals surface area contributed by atoms with Crippen molar-refractivity contribution < 1.29 is 18.3 Å². The fourth-order valence-electron chi connectivity index (χ4n) is 1.59. The van der Waals surface area contributed by atoms with E-state index in [0.29, 0.717) is 4.90 Å². The smallest absolute Gasteiger partial charge is 0.339 e. The van der Waals surface area contributed by atoms with Crippen LogP contribution in [0.4, 0.5) is 14.5 Å². The molecule has 2 aromatic carbocycles. The monoisotopic (exact) mass is 295 g/mol. The van der Waals surface area contributed by atoms with E-state index < -0.39 is 17.6 Å². The third kappa shape index (κ3) is 2.91. The third-order valence-electron chi connectivity index (χ3n) is 2.58. The van der Waals surface area contributed by atoms with Crippen molar-refractivity contribution in [2.45, 2.75) is 9.79 Å². The summed E-state index contributed by atoms with van der Waals surface area (Å²) in [6.07, 6.45) is 0. The number of rotatable bonds is 3. The molecule has 0 unspecified atom stereocenters. The molecule has 0 spiro atoms. The zero-order valence-electron chi connectivity index (χ0n) is 10.5. The highest BCUT2D eigenvalue weighted by atomic mass is 32.2. The van der Waals surface area contributed by atoms with E-state index in [1.807, 2.05) is 0 Å². The lowest BCUT2D eigenvalue weighted by molar-refractivity contribution is 0.0601. The van der Waals surface area contributed by atoms with Gasteiger partial charge >= 0.3 is 5.97 Å².